The van der Waals surface area contributed by atoms with E-state index in [0.717, 1.165) is 42.6 Å². The highest BCUT2D eigenvalue weighted by Gasteiger charge is 2.52. The molecule has 222 valence electrons. The highest BCUT2D eigenvalue weighted by molar-refractivity contribution is 8.01. The van der Waals surface area contributed by atoms with E-state index in [-0.39, 0.29) is 5.56 Å². The molecule has 2 aromatic carbocycles. The van der Waals surface area contributed by atoms with Crippen molar-refractivity contribution in [1.82, 2.24) is 5.32 Å². The van der Waals surface area contributed by atoms with Gasteiger partial charge in [-0.05, 0) is 42.3 Å². The molecule has 0 aromatic heterocycles. The molecule has 0 bridgehead atoms. The van der Waals surface area contributed by atoms with Gasteiger partial charge in [0.05, 0.1) is 11.4 Å². The second kappa shape index (κ2) is 13.1. The summed E-state index contributed by atoms with van der Waals surface area (Å²) < 4.78 is 29.1. The van der Waals surface area contributed by atoms with Crippen LogP contribution in [0.1, 0.15) is 43.6 Å². The van der Waals surface area contributed by atoms with Gasteiger partial charge in [-0.3, -0.25) is 28.3 Å². The largest absolute Gasteiger partial charge is 0.463 e. The third kappa shape index (κ3) is 7.09. The van der Waals surface area contributed by atoms with Gasteiger partial charge < -0.3 is 29.0 Å². The number of nitrogens with zero attached hydrogens (tertiary/aromatic N) is 1. The van der Waals surface area contributed by atoms with Crippen LogP contribution in [0, 0.1) is 0 Å². The van der Waals surface area contributed by atoms with Gasteiger partial charge in [-0.15, -0.1) is 0 Å². The van der Waals surface area contributed by atoms with Gasteiger partial charge in [-0.2, -0.15) is 0 Å². The molecule has 2 aromatic rings. The summed E-state index contributed by atoms with van der Waals surface area (Å²) in [6.07, 6.45) is -6.67. The van der Waals surface area contributed by atoms with Crippen LogP contribution in [0.3, 0.4) is 0 Å². The number of nitrogens with one attached hydrogen (secondary N) is 1. The van der Waals surface area contributed by atoms with Gasteiger partial charge in [-0.25, -0.2) is 0 Å². The minimum absolute atomic E-state index is 0.249. The van der Waals surface area contributed by atoms with Crippen molar-refractivity contribution in [3.05, 3.63) is 66.2 Å². The minimum Gasteiger partial charge on any atom is -0.463 e. The number of carbonyl (C=O) groups is 5. The van der Waals surface area contributed by atoms with E-state index in [0.29, 0.717) is 0 Å². The fraction of sp³-hybridized carbons (Fsp3) is 0.345. The van der Waals surface area contributed by atoms with E-state index in [2.05, 4.69) is 11.9 Å². The van der Waals surface area contributed by atoms with Crippen molar-refractivity contribution < 1.29 is 47.7 Å². The van der Waals surface area contributed by atoms with E-state index in [1.165, 1.54) is 18.9 Å². The summed E-state index contributed by atoms with van der Waals surface area (Å²) in [6, 6.07) is 14.6. The summed E-state index contributed by atoms with van der Waals surface area (Å²) in [5.74, 6) is -3.53. The van der Waals surface area contributed by atoms with E-state index >= 15 is 0 Å². The lowest BCUT2D eigenvalue weighted by Crippen LogP contribution is -2.66. The molecule has 0 saturated carbocycles. The lowest BCUT2D eigenvalue weighted by molar-refractivity contribution is -0.255. The molecule has 1 amide bonds. The normalized spacial score (nSPS) is 22.9. The molecule has 4 rings (SSSR count). The van der Waals surface area contributed by atoms with Crippen molar-refractivity contribution in [3.63, 3.8) is 0 Å². The molecule has 1 N–H and O–H groups in total. The van der Waals surface area contributed by atoms with E-state index < -0.39 is 67.0 Å². The molecule has 2 heterocycles. The van der Waals surface area contributed by atoms with Gasteiger partial charge in [0.15, 0.2) is 24.5 Å². The Morgan fingerprint density at radius 3 is 2.02 bits per heavy atom. The van der Waals surface area contributed by atoms with E-state index in [4.69, 9.17) is 23.7 Å². The van der Waals surface area contributed by atoms with Gasteiger partial charge >= 0.3 is 23.9 Å². The molecule has 0 aliphatic carbocycles. The first-order valence-electron chi connectivity index (χ1n) is 12.9. The number of hydrogen-bond donors (Lipinski definition) is 1. The topological polar surface area (TPSA) is 147 Å². The van der Waals surface area contributed by atoms with Crippen molar-refractivity contribution in [2.45, 2.75) is 63.2 Å². The molecule has 5 atom stereocenters. The molecule has 2 aliphatic rings. The number of benzene rings is 2. The SMILES string of the molecule is C=C1c2ccccc2SN1c1ccc(C(=O)NC2OC(COC(C)=O)C(OC(C)=O)C(OC(C)=O)C2OC(C)=O)cc1. The summed E-state index contributed by atoms with van der Waals surface area (Å²) in [7, 11) is 0. The van der Waals surface area contributed by atoms with E-state index in [9.17, 15) is 24.0 Å². The first kappa shape index (κ1) is 30.6. The predicted octanol–water partition coefficient (Wildman–Crippen LogP) is 3.00. The van der Waals surface area contributed by atoms with Gasteiger partial charge in [0.2, 0.25) is 0 Å². The second-order valence-corrected chi connectivity index (χ2v) is 10.5. The molecular formula is C29H30N2O10S. The van der Waals surface area contributed by atoms with Crippen molar-refractivity contribution in [2.24, 2.45) is 0 Å². The Kier molecular flexibility index (Phi) is 9.53. The molecule has 13 heteroatoms. The lowest BCUT2D eigenvalue weighted by Gasteiger charge is -2.44. The van der Waals surface area contributed by atoms with Crippen LogP contribution in [-0.4, -0.2) is 67.0 Å². The van der Waals surface area contributed by atoms with Gasteiger partial charge in [0.25, 0.3) is 5.91 Å². The molecule has 0 spiro atoms. The Morgan fingerprint density at radius 2 is 1.43 bits per heavy atom. The van der Waals surface area contributed by atoms with Crippen LogP contribution in [0.4, 0.5) is 5.69 Å². The Balaban J connectivity index is 1.57. The summed E-state index contributed by atoms with van der Waals surface area (Å²) in [6.45, 7) is 8.31. The first-order chi connectivity index (χ1) is 19.9. The number of carbonyl (C=O) groups excluding carboxylic acids is 5. The third-order valence-corrected chi connectivity index (χ3v) is 7.43. The number of fused-ring (bicyclic) bond motifs is 1. The zero-order valence-electron chi connectivity index (χ0n) is 23.4. The van der Waals surface area contributed by atoms with Crippen molar-refractivity contribution >= 4 is 53.1 Å². The van der Waals surface area contributed by atoms with E-state index in [1.54, 1.807) is 24.3 Å². The predicted molar refractivity (Wildman–Crippen MR) is 150 cm³/mol. The van der Waals surface area contributed by atoms with Crippen LogP contribution >= 0.6 is 11.9 Å². The lowest BCUT2D eigenvalue weighted by atomic mass is 9.97. The smallest absolute Gasteiger partial charge is 0.303 e. The van der Waals surface area contributed by atoms with Crippen molar-refractivity contribution in [2.75, 3.05) is 10.9 Å². The number of rotatable bonds is 8. The Morgan fingerprint density at radius 1 is 0.833 bits per heavy atom. The fourth-order valence-electron chi connectivity index (χ4n) is 4.56. The molecule has 12 nitrogen and oxygen atoms in total. The second-order valence-electron chi connectivity index (χ2n) is 9.47. The minimum atomic E-state index is -1.41. The zero-order valence-corrected chi connectivity index (χ0v) is 24.2. The van der Waals surface area contributed by atoms with Crippen LogP contribution in [0.25, 0.3) is 5.70 Å². The van der Waals surface area contributed by atoms with Gasteiger partial charge in [-0.1, -0.05) is 24.8 Å². The van der Waals surface area contributed by atoms with E-state index in [1.807, 2.05) is 28.6 Å². The average Bonchev–Trinajstić information content (AvgIpc) is 3.26. The number of amides is 1. The Bertz CT molecular complexity index is 1400. The molecule has 2 aliphatic heterocycles. The number of ether oxygens (including phenoxy) is 5. The Hall–Kier alpha value is -4.36. The monoisotopic (exact) mass is 598 g/mol. The van der Waals surface area contributed by atoms with Gasteiger partial charge in [0.1, 0.15) is 12.7 Å². The maximum atomic E-state index is 13.3. The zero-order chi connectivity index (χ0) is 30.6. The quantitative estimate of drug-likeness (QED) is 0.271. The summed E-state index contributed by atoms with van der Waals surface area (Å²) in [5.41, 5.74) is 2.88. The number of esters is 4. The van der Waals surface area contributed by atoms with Crippen LogP contribution in [0.15, 0.2) is 60.0 Å². The summed E-state index contributed by atoms with van der Waals surface area (Å²) in [5, 5.41) is 2.65. The molecule has 1 saturated heterocycles. The van der Waals surface area contributed by atoms with Crippen LogP contribution in [-0.2, 0) is 42.9 Å². The maximum Gasteiger partial charge on any atom is 0.303 e. The molecular weight excluding hydrogens is 568 g/mol. The average molecular weight is 599 g/mol. The number of hydrogen-bond acceptors (Lipinski definition) is 12. The molecule has 0 radical (unpaired) electrons. The number of anilines is 1. The summed E-state index contributed by atoms with van der Waals surface area (Å²) >= 11 is 1.51. The van der Waals surface area contributed by atoms with Gasteiger partial charge in [0, 0.05) is 43.7 Å². The van der Waals surface area contributed by atoms with Crippen molar-refractivity contribution in [1.29, 1.82) is 0 Å². The highest BCUT2D eigenvalue weighted by atomic mass is 32.2. The fourth-order valence-corrected chi connectivity index (χ4v) is 5.62. The van der Waals surface area contributed by atoms with Crippen LogP contribution < -0.4 is 9.62 Å². The van der Waals surface area contributed by atoms with Crippen LogP contribution in [0.5, 0.6) is 0 Å². The molecule has 42 heavy (non-hydrogen) atoms. The first-order valence-corrected chi connectivity index (χ1v) is 13.7. The standard InChI is InChI=1S/C29H30N2O10S/c1-15-22-8-6-7-9-24(22)42-31(15)21-12-10-20(11-13-21)28(36)30-29-27(40-19(5)35)26(39-18(4)34)25(38-17(3)33)23(41-29)14-37-16(2)32/h6-13,23,25-27,29H,1,14H2,2-5H3,(H,30,36). The molecule has 5 unspecified atom stereocenters. The molecule has 1 fully saturated rings. The maximum absolute atomic E-state index is 13.3. The Labute approximate surface area is 246 Å². The highest BCUT2D eigenvalue weighted by Crippen LogP contribution is 2.45. The summed E-state index contributed by atoms with van der Waals surface area (Å²) in [4.78, 5) is 61.8. The third-order valence-electron chi connectivity index (χ3n) is 6.26. The van der Waals surface area contributed by atoms with Crippen LogP contribution in [0.2, 0.25) is 0 Å². The van der Waals surface area contributed by atoms with Crippen molar-refractivity contribution in [3.8, 4) is 0 Å².